The third-order valence-corrected chi connectivity index (χ3v) is 4.00. The average molecular weight is 319 g/mol. The lowest BCUT2D eigenvalue weighted by Gasteiger charge is -2.31. The van der Waals surface area contributed by atoms with Crippen molar-refractivity contribution in [2.24, 2.45) is 0 Å². The third kappa shape index (κ3) is 3.18. The number of amides is 1. The molecule has 0 saturated carbocycles. The molecule has 1 aromatic heterocycles. The fourth-order valence-electron chi connectivity index (χ4n) is 2.82. The Kier molecular flexibility index (Phi) is 4.27. The van der Waals surface area contributed by atoms with E-state index in [-0.39, 0.29) is 17.6 Å². The second-order valence-electron chi connectivity index (χ2n) is 5.62. The molecule has 23 heavy (non-hydrogen) atoms. The highest BCUT2D eigenvalue weighted by Crippen LogP contribution is 2.27. The van der Waals surface area contributed by atoms with Gasteiger partial charge in [0.2, 0.25) is 5.89 Å². The molecule has 1 aliphatic rings. The van der Waals surface area contributed by atoms with Crippen LogP contribution in [0.5, 0.6) is 5.75 Å². The second kappa shape index (κ2) is 6.36. The Morgan fingerprint density at radius 2 is 2.30 bits per heavy atom. The van der Waals surface area contributed by atoms with E-state index in [1.165, 1.54) is 19.2 Å². The fourth-order valence-corrected chi connectivity index (χ4v) is 2.82. The van der Waals surface area contributed by atoms with Crippen molar-refractivity contribution in [1.82, 2.24) is 15.0 Å². The van der Waals surface area contributed by atoms with Crippen LogP contribution in [0.25, 0.3) is 0 Å². The lowest BCUT2D eigenvalue weighted by atomic mass is 9.97. The summed E-state index contributed by atoms with van der Waals surface area (Å²) in [6.07, 6.45) is 1.73. The van der Waals surface area contributed by atoms with Gasteiger partial charge < -0.3 is 14.2 Å². The highest BCUT2D eigenvalue weighted by Gasteiger charge is 2.29. The number of hydrogen-bond acceptors (Lipinski definition) is 5. The van der Waals surface area contributed by atoms with Gasteiger partial charge in [0.15, 0.2) is 17.4 Å². The number of nitrogens with zero attached hydrogens (tertiary/aromatic N) is 3. The highest BCUT2D eigenvalue weighted by molar-refractivity contribution is 5.94. The molecule has 0 bridgehead atoms. The number of aryl methyl sites for hydroxylation is 1. The summed E-state index contributed by atoms with van der Waals surface area (Å²) in [7, 11) is 1.39. The van der Waals surface area contributed by atoms with Crippen LogP contribution < -0.4 is 4.74 Å². The largest absolute Gasteiger partial charge is 0.494 e. The van der Waals surface area contributed by atoms with Crippen LogP contribution in [0.2, 0.25) is 0 Å². The zero-order valence-corrected chi connectivity index (χ0v) is 13.1. The van der Waals surface area contributed by atoms with Crippen molar-refractivity contribution in [3.05, 3.63) is 41.3 Å². The zero-order chi connectivity index (χ0) is 16.4. The Labute approximate surface area is 133 Å². The van der Waals surface area contributed by atoms with Gasteiger partial charge in [-0.2, -0.15) is 4.98 Å². The van der Waals surface area contributed by atoms with Crippen LogP contribution in [0, 0.1) is 12.7 Å². The van der Waals surface area contributed by atoms with Crippen LogP contribution in [0.1, 0.15) is 40.8 Å². The molecule has 2 aromatic rings. The molecule has 1 amide bonds. The minimum absolute atomic E-state index is 0.0250. The number of carbonyl (C=O) groups excluding carboxylic acids is 1. The number of aromatic nitrogens is 2. The zero-order valence-electron chi connectivity index (χ0n) is 13.1. The number of piperidine rings is 1. The Morgan fingerprint density at radius 1 is 1.48 bits per heavy atom. The average Bonchev–Trinajstić information content (AvgIpc) is 3.01. The molecule has 1 aromatic carbocycles. The number of hydrogen-bond donors (Lipinski definition) is 0. The van der Waals surface area contributed by atoms with Gasteiger partial charge in [0.05, 0.1) is 13.0 Å². The molecule has 1 fully saturated rings. The molecule has 6 nitrogen and oxygen atoms in total. The summed E-state index contributed by atoms with van der Waals surface area (Å²) in [4.78, 5) is 18.5. The van der Waals surface area contributed by atoms with Crippen molar-refractivity contribution >= 4 is 5.91 Å². The predicted octanol–water partition coefficient (Wildman–Crippen LogP) is 2.55. The monoisotopic (exact) mass is 319 g/mol. The quantitative estimate of drug-likeness (QED) is 0.869. The van der Waals surface area contributed by atoms with Crippen molar-refractivity contribution in [2.75, 3.05) is 20.2 Å². The maximum atomic E-state index is 13.8. The van der Waals surface area contributed by atoms with Gasteiger partial charge in [-0.05, 0) is 38.0 Å². The standard InChI is InChI=1S/C16H18FN3O3/c1-10-18-15(23-19-10)12-4-3-7-20(9-12)16(21)11-5-6-14(22-2)13(17)8-11/h5-6,8,12H,3-4,7,9H2,1-2H3. The Morgan fingerprint density at radius 3 is 2.96 bits per heavy atom. The van der Waals surface area contributed by atoms with Crippen molar-refractivity contribution in [3.8, 4) is 5.75 Å². The molecule has 1 saturated heterocycles. The summed E-state index contributed by atoms with van der Waals surface area (Å²) < 4.78 is 23.9. The van der Waals surface area contributed by atoms with E-state index < -0.39 is 5.82 Å². The molecular weight excluding hydrogens is 301 g/mol. The van der Waals surface area contributed by atoms with Crippen LogP contribution in [0.15, 0.2) is 22.7 Å². The number of rotatable bonds is 3. The van der Waals surface area contributed by atoms with E-state index >= 15 is 0 Å². The normalized spacial score (nSPS) is 18.0. The first kappa shape index (κ1) is 15.5. The van der Waals surface area contributed by atoms with Crippen LogP contribution in [0.3, 0.4) is 0 Å². The molecule has 1 atom stereocenters. The van der Waals surface area contributed by atoms with Gasteiger partial charge in [0.25, 0.3) is 5.91 Å². The Hall–Kier alpha value is -2.44. The summed E-state index contributed by atoms with van der Waals surface area (Å²) >= 11 is 0. The van der Waals surface area contributed by atoms with Crippen LogP contribution >= 0.6 is 0 Å². The first-order valence-corrected chi connectivity index (χ1v) is 7.51. The third-order valence-electron chi connectivity index (χ3n) is 4.00. The second-order valence-corrected chi connectivity index (χ2v) is 5.62. The van der Waals surface area contributed by atoms with Crippen LogP contribution in [0.4, 0.5) is 4.39 Å². The van der Waals surface area contributed by atoms with Gasteiger partial charge in [0, 0.05) is 18.7 Å². The maximum Gasteiger partial charge on any atom is 0.253 e. The Balaban J connectivity index is 1.75. The fraction of sp³-hybridized carbons (Fsp3) is 0.438. The molecule has 122 valence electrons. The summed E-state index contributed by atoms with van der Waals surface area (Å²) in [5.41, 5.74) is 0.311. The van der Waals surface area contributed by atoms with E-state index in [2.05, 4.69) is 10.1 Å². The summed E-state index contributed by atoms with van der Waals surface area (Å²) in [5, 5.41) is 3.80. The van der Waals surface area contributed by atoms with E-state index in [4.69, 9.17) is 9.26 Å². The molecule has 0 spiro atoms. The topological polar surface area (TPSA) is 68.5 Å². The highest BCUT2D eigenvalue weighted by atomic mass is 19.1. The number of likely N-dealkylation sites (tertiary alicyclic amines) is 1. The summed E-state index contributed by atoms with van der Waals surface area (Å²) in [5.74, 6) is 0.546. The maximum absolute atomic E-state index is 13.8. The van der Waals surface area contributed by atoms with Gasteiger partial charge in [-0.3, -0.25) is 4.79 Å². The Bertz CT molecular complexity index is 716. The first-order chi connectivity index (χ1) is 11.1. The lowest BCUT2D eigenvalue weighted by Crippen LogP contribution is -2.39. The van der Waals surface area contributed by atoms with Crippen molar-refractivity contribution in [1.29, 1.82) is 0 Å². The first-order valence-electron chi connectivity index (χ1n) is 7.51. The minimum Gasteiger partial charge on any atom is -0.494 e. The van der Waals surface area contributed by atoms with Gasteiger partial charge in [-0.1, -0.05) is 5.16 Å². The summed E-state index contributed by atoms with van der Waals surface area (Å²) in [6.45, 7) is 2.89. The molecule has 2 heterocycles. The lowest BCUT2D eigenvalue weighted by molar-refractivity contribution is 0.0695. The molecule has 0 N–H and O–H groups in total. The van der Waals surface area contributed by atoms with Gasteiger partial charge in [-0.25, -0.2) is 4.39 Å². The number of benzene rings is 1. The number of carbonyl (C=O) groups is 1. The predicted molar refractivity (Wildman–Crippen MR) is 79.9 cm³/mol. The minimum atomic E-state index is -0.542. The smallest absolute Gasteiger partial charge is 0.253 e. The van der Waals surface area contributed by atoms with Crippen molar-refractivity contribution in [2.45, 2.75) is 25.7 Å². The molecule has 3 rings (SSSR count). The van der Waals surface area contributed by atoms with Crippen molar-refractivity contribution < 1.29 is 18.4 Å². The number of halogens is 1. The molecular formula is C16H18FN3O3. The molecule has 0 aliphatic carbocycles. The van der Waals surface area contributed by atoms with Gasteiger partial charge in [0.1, 0.15) is 0 Å². The van der Waals surface area contributed by atoms with E-state index in [1.54, 1.807) is 17.9 Å². The van der Waals surface area contributed by atoms with Gasteiger partial charge in [-0.15, -0.1) is 0 Å². The van der Waals surface area contributed by atoms with E-state index in [9.17, 15) is 9.18 Å². The molecule has 1 aliphatic heterocycles. The molecule has 0 radical (unpaired) electrons. The number of ether oxygens (including phenoxy) is 1. The van der Waals surface area contributed by atoms with Crippen LogP contribution in [-0.4, -0.2) is 41.1 Å². The summed E-state index contributed by atoms with van der Waals surface area (Å²) in [6, 6.07) is 4.25. The van der Waals surface area contributed by atoms with Gasteiger partial charge >= 0.3 is 0 Å². The van der Waals surface area contributed by atoms with Crippen molar-refractivity contribution in [3.63, 3.8) is 0 Å². The van der Waals surface area contributed by atoms with Crippen LogP contribution in [-0.2, 0) is 0 Å². The molecule has 7 heteroatoms. The molecule has 1 unspecified atom stereocenters. The SMILES string of the molecule is COc1ccc(C(=O)N2CCCC(c3nc(C)no3)C2)cc1F. The van der Waals surface area contributed by atoms with E-state index in [0.29, 0.717) is 30.4 Å². The number of methoxy groups -OCH3 is 1. The van der Waals surface area contributed by atoms with E-state index in [0.717, 1.165) is 12.8 Å². The van der Waals surface area contributed by atoms with E-state index in [1.807, 2.05) is 0 Å².